The van der Waals surface area contributed by atoms with Crippen LogP contribution in [-0.4, -0.2) is 21.1 Å². The molecular formula is C11H14N4OS. The lowest BCUT2D eigenvalue weighted by atomic mass is 10.0. The molecule has 1 amide bonds. The number of aromatic nitrogens is 2. The van der Waals surface area contributed by atoms with Crippen molar-refractivity contribution in [3.05, 3.63) is 11.8 Å². The highest BCUT2D eigenvalue weighted by Crippen LogP contribution is 2.54. The second-order valence-electron chi connectivity index (χ2n) is 4.94. The van der Waals surface area contributed by atoms with Gasteiger partial charge in [0.1, 0.15) is 10.8 Å². The molecule has 0 aromatic carbocycles. The van der Waals surface area contributed by atoms with Crippen LogP contribution in [-0.2, 0) is 4.79 Å². The smallest absolute Gasteiger partial charge is 0.228 e. The van der Waals surface area contributed by atoms with Crippen molar-refractivity contribution in [3.8, 4) is 0 Å². The number of amides is 1. The predicted molar refractivity (Wildman–Crippen MR) is 67.4 cm³/mol. The van der Waals surface area contributed by atoms with E-state index >= 15 is 0 Å². The van der Waals surface area contributed by atoms with Crippen LogP contribution in [0.5, 0.6) is 0 Å². The van der Waals surface area contributed by atoms with Crippen LogP contribution in [0.15, 0.2) is 6.20 Å². The lowest BCUT2D eigenvalue weighted by Crippen LogP contribution is -2.23. The van der Waals surface area contributed by atoms with E-state index in [1.807, 2.05) is 0 Å². The third-order valence-electron chi connectivity index (χ3n) is 3.77. The number of carbonyl (C=O) groups is 1. The highest BCUT2D eigenvalue weighted by atomic mass is 32.1. The van der Waals surface area contributed by atoms with Crippen LogP contribution in [0.2, 0.25) is 0 Å². The molecule has 2 aliphatic rings. The van der Waals surface area contributed by atoms with Gasteiger partial charge in [0.15, 0.2) is 0 Å². The Morgan fingerprint density at radius 2 is 2.18 bits per heavy atom. The van der Waals surface area contributed by atoms with Crippen molar-refractivity contribution in [1.29, 1.82) is 0 Å². The summed E-state index contributed by atoms with van der Waals surface area (Å²) in [5.41, 5.74) is 6.13. The fourth-order valence-corrected chi connectivity index (χ4v) is 2.88. The molecule has 5 nitrogen and oxygen atoms in total. The Morgan fingerprint density at radius 1 is 1.47 bits per heavy atom. The molecule has 2 atom stereocenters. The molecule has 1 aromatic rings. The summed E-state index contributed by atoms with van der Waals surface area (Å²) in [4.78, 5) is 12.2. The number of fused-ring (bicyclic) bond motifs is 1. The number of H-pyrrole nitrogens is 1. The maximum Gasteiger partial charge on any atom is 0.228 e. The Hall–Kier alpha value is -1.43. The van der Waals surface area contributed by atoms with Gasteiger partial charge in [0.2, 0.25) is 5.91 Å². The number of aromatic amines is 1. The molecule has 2 unspecified atom stereocenters. The zero-order valence-electron chi connectivity index (χ0n) is 9.27. The van der Waals surface area contributed by atoms with E-state index in [0.717, 1.165) is 24.7 Å². The molecule has 3 rings (SSSR count). The summed E-state index contributed by atoms with van der Waals surface area (Å²) in [5, 5.41) is 9.38. The lowest BCUT2D eigenvalue weighted by Gasteiger charge is -2.11. The average Bonchev–Trinajstić information content (AvgIpc) is 2.75. The van der Waals surface area contributed by atoms with Crippen LogP contribution in [0.4, 0.5) is 5.82 Å². The Kier molecular flexibility index (Phi) is 2.39. The van der Waals surface area contributed by atoms with Gasteiger partial charge in [-0.25, -0.2) is 0 Å². The van der Waals surface area contributed by atoms with E-state index in [4.69, 9.17) is 18.0 Å². The molecule has 1 aromatic heterocycles. The minimum atomic E-state index is 0.0546. The number of nitrogens with two attached hydrogens (primary N) is 1. The predicted octanol–water partition coefficient (Wildman–Crippen LogP) is 1.03. The van der Waals surface area contributed by atoms with Crippen molar-refractivity contribution in [1.82, 2.24) is 10.2 Å². The largest absolute Gasteiger partial charge is 0.389 e. The van der Waals surface area contributed by atoms with Gasteiger partial charge >= 0.3 is 0 Å². The average molecular weight is 250 g/mol. The second-order valence-corrected chi connectivity index (χ2v) is 5.38. The van der Waals surface area contributed by atoms with Crippen molar-refractivity contribution >= 4 is 28.9 Å². The maximum absolute atomic E-state index is 12.0. The first-order chi connectivity index (χ1) is 8.15. The van der Waals surface area contributed by atoms with E-state index in [0.29, 0.717) is 11.4 Å². The number of anilines is 1. The number of nitrogens with one attached hydrogen (secondary N) is 2. The zero-order chi connectivity index (χ0) is 12.0. The molecule has 2 aliphatic carbocycles. The van der Waals surface area contributed by atoms with Gasteiger partial charge in [0.05, 0.1) is 11.8 Å². The molecule has 0 saturated heterocycles. The van der Waals surface area contributed by atoms with Crippen molar-refractivity contribution in [3.63, 3.8) is 0 Å². The molecule has 2 fully saturated rings. The normalized spacial score (nSPS) is 29.8. The summed E-state index contributed by atoms with van der Waals surface area (Å²) in [6.07, 6.45) is 4.89. The Bertz CT molecular complexity index is 474. The summed E-state index contributed by atoms with van der Waals surface area (Å²) >= 11 is 4.88. The number of thiocarbonyl (C=S) groups is 1. The first kappa shape index (κ1) is 10.7. The van der Waals surface area contributed by atoms with Gasteiger partial charge in [-0.3, -0.25) is 9.89 Å². The standard InChI is InChI=1S/C11H14N4OS/c12-9(17)8-4-13-15-10(8)14-11(16)7-2-5-1-6(5)3-7/h4-7H,1-3H2,(H2,12,17)(H2,13,14,15,16). The quantitative estimate of drug-likeness (QED) is 0.700. The van der Waals surface area contributed by atoms with Crippen LogP contribution in [0, 0.1) is 17.8 Å². The monoisotopic (exact) mass is 250 g/mol. The van der Waals surface area contributed by atoms with E-state index in [2.05, 4.69) is 15.5 Å². The zero-order valence-corrected chi connectivity index (χ0v) is 10.1. The Labute approximate surface area is 104 Å². The third kappa shape index (κ3) is 1.93. The maximum atomic E-state index is 12.0. The van der Waals surface area contributed by atoms with Crippen molar-refractivity contribution in [2.75, 3.05) is 5.32 Å². The van der Waals surface area contributed by atoms with E-state index in [1.54, 1.807) is 0 Å². The fourth-order valence-electron chi connectivity index (χ4n) is 2.72. The summed E-state index contributed by atoms with van der Waals surface area (Å²) in [5.74, 6) is 2.30. The Balaban J connectivity index is 1.67. The molecule has 0 radical (unpaired) electrons. The number of carbonyl (C=O) groups excluding carboxylic acids is 1. The van der Waals surface area contributed by atoms with Crippen LogP contribution >= 0.6 is 12.2 Å². The number of rotatable bonds is 3. The van der Waals surface area contributed by atoms with Gasteiger partial charge in [-0.15, -0.1) is 0 Å². The van der Waals surface area contributed by atoms with E-state index in [-0.39, 0.29) is 16.8 Å². The minimum absolute atomic E-state index is 0.0546. The molecule has 6 heteroatoms. The summed E-state index contributed by atoms with van der Waals surface area (Å²) in [6.45, 7) is 0. The molecule has 4 N–H and O–H groups in total. The third-order valence-corrected chi connectivity index (χ3v) is 3.99. The second kappa shape index (κ2) is 3.80. The first-order valence-corrected chi connectivity index (χ1v) is 6.20. The van der Waals surface area contributed by atoms with E-state index in [1.165, 1.54) is 12.6 Å². The number of nitrogens with zero attached hydrogens (tertiary/aromatic N) is 1. The van der Waals surface area contributed by atoms with Gasteiger partial charge < -0.3 is 11.1 Å². The number of hydrogen-bond donors (Lipinski definition) is 3. The van der Waals surface area contributed by atoms with Gasteiger partial charge in [-0.2, -0.15) is 5.10 Å². The highest BCUT2D eigenvalue weighted by molar-refractivity contribution is 7.80. The Morgan fingerprint density at radius 3 is 2.82 bits per heavy atom. The lowest BCUT2D eigenvalue weighted by molar-refractivity contribution is -0.120. The van der Waals surface area contributed by atoms with Gasteiger partial charge in [0, 0.05) is 5.92 Å². The molecule has 90 valence electrons. The molecular weight excluding hydrogens is 236 g/mol. The van der Waals surface area contributed by atoms with Gasteiger partial charge in [0.25, 0.3) is 0 Å². The summed E-state index contributed by atoms with van der Waals surface area (Å²) in [7, 11) is 0. The molecule has 1 heterocycles. The van der Waals surface area contributed by atoms with Crippen molar-refractivity contribution in [2.45, 2.75) is 19.3 Å². The topological polar surface area (TPSA) is 83.8 Å². The first-order valence-electron chi connectivity index (χ1n) is 5.79. The van der Waals surface area contributed by atoms with Crippen LogP contribution in [0.1, 0.15) is 24.8 Å². The van der Waals surface area contributed by atoms with Crippen molar-refractivity contribution < 1.29 is 4.79 Å². The van der Waals surface area contributed by atoms with Crippen LogP contribution in [0.25, 0.3) is 0 Å². The SMILES string of the molecule is NC(=S)c1cn[nH]c1NC(=O)C1CC2CC2C1. The molecule has 2 saturated carbocycles. The minimum Gasteiger partial charge on any atom is -0.389 e. The molecule has 0 aliphatic heterocycles. The molecule has 0 spiro atoms. The summed E-state index contributed by atoms with van der Waals surface area (Å²) in [6, 6.07) is 0. The fraction of sp³-hybridized carbons (Fsp3) is 0.545. The van der Waals surface area contributed by atoms with Crippen LogP contribution in [0.3, 0.4) is 0 Å². The summed E-state index contributed by atoms with van der Waals surface area (Å²) < 4.78 is 0. The van der Waals surface area contributed by atoms with E-state index in [9.17, 15) is 4.79 Å². The molecule has 0 bridgehead atoms. The highest BCUT2D eigenvalue weighted by Gasteiger charge is 2.48. The van der Waals surface area contributed by atoms with Gasteiger partial charge in [-0.05, 0) is 31.1 Å². The van der Waals surface area contributed by atoms with Crippen molar-refractivity contribution in [2.24, 2.45) is 23.5 Å². The van der Waals surface area contributed by atoms with E-state index < -0.39 is 0 Å². The van der Waals surface area contributed by atoms with Gasteiger partial charge in [-0.1, -0.05) is 12.2 Å². The van der Waals surface area contributed by atoms with Crippen LogP contribution < -0.4 is 11.1 Å². The number of hydrogen-bond acceptors (Lipinski definition) is 3. The molecule has 17 heavy (non-hydrogen) atoms.